The normalized spacial score (nSPS) is 18.1. The Labute approximate surface area is 122 Å². The van der Waals surface area contributed by atoms with Crippen molar-refractivity contribution < 1.29 is 9.53 Å². The third kappa shape index (κ3) is 3.49. The molecule has 0 amide bonds. The Balaban J connectivity index is 2.13. The Morgan fingerprint density at radius 2 is 1.85 bits per heavy atom. The smallest absolute Gasteiger partial charge is 0.143 e. The lowest BCUT2D eigenvalue weighted by Gasteiger charge is -2.36. The molecule has 0 saturated carbocycles. The van der Waals surface area contributed by atoms with Crippen LogP contribution >= 0.6 is 0 Å². The molecular weight excluding hydrogens is 248 g/mol. The van der Waals surface area contributed by atoms with Gasteiger partial charge in [-0.3, -0.25) is 4.79 Å². The van der Waals surface area contributed by atoms with Crippen molar-refractivity contribution in [2.45, 2.75) is 51.4 Å². The van der Waals surface area contributed by atoms with Gasteiger partial charge in [0.1, 0.15) is 5.78 Å². The highest BCUT2D eigenvalue weighted by Crippen LogP contribution is 2.37. The average molecular weight is 274 g/mol. The minimum Gasteiger partial charge on any atom is -0.381 e. The molecule has 1 saturated heterocycles. The van der Waals surface area contributed by atoms with Gasteiger partial charge in [0, 0.05) is 19.6 Å². The second-order valence-corrected chi connectivity index (χ2v) is 6.27. The van der Waals surface area contributed by atoms with Gasteiger partial charge in [-0.15, -0.1) is 0 Å². The van der Waals surface area contributed by atoms with E-state index in [4.69, 9.17) is 4.74 Å². The van der Waals surface area contributed by atoms with Crippen LogP contribution in [0.25, 0.3) is 0 Å². The molecule has 0 bridgehead atoms. The van der Waals surface area contributed by atoms with E-state index in [-0.39, 0.29) is 5.41 Å². The number of ketones is 1. The molecule has 0 N–H and O–H groups in total. The van der Waals surface area contributed by atoms with Gasteiger partial charge >= 0.3 is 0 Å². The van der Waals surface area contributed by atoms with E-state index >= 15 is 0 Å². The molecule has 1 aliphatic heterocycles. The van der Waals surface area contributed by atoms with E-state index in [0.717, 1.165) is 25.7 Å². The zero-order valence-corrected chi connectivity index (χ0v) is 12.7. The molecule has 2 rings (SSSR count). The largest absolute Gasteiger partial charge is 0.381 e. The van der Waals surface area contributed by atoms with Crippen molar-refractivity contribution in [3.63, 3.8) is 0 Å². The van der Waals surface area contributed by atoms with Crippen LogP contribution in [-0.2, 0) is 14.9 Å². The maximum atomic E-state index is 12.8. The number of hydrogen-bond donors (Lipinski definition) is 0. The predicted octanol–water partition coefficient (Wildman–Crippen LogP) is 4.13. The SMILES string of the molecule is CC(C)CCCC(=O)C1(c2ccccc2)CCOCC1. The van der Waals surface area contributed by atoms with Crippen molar-refractivity contribution in [1.29, 1.82) is 0 Å². The first kappa shape index (κ1) is 15.2. The van der Waals surface area contributed by atoms with Gasteiger partial charge in [0.05, 0.1) is 5.41 Å². The Morgan fingerprint density at radius 3 is 2.45 bits per heavy atom. The van der Waals surface area contributed by atoms with Crippen LogP contribution in [0.4, 0.5) is 0 Å². The molecule has 0 radical (unpaired) electrons. The quantitative estimate of drug-likeness (QED) is 0.779. The van der Waals surface area contributed by atoms with E-state index in [0.29, 0.717) is 31.3 Å². The standard InChI is InChI=1S/C18H26O2/c1-15(2)7-6-10-17(19)18(11-13-20-14-12-18)16-8-4-3-5-9-16/h3-5,8-9,15H,6-7,10-14H2,1-2H3. The number of ether oxygens (including phenoxy) is 1. The van der Waals surface area contributed by atoms with E-state index < -0.39 is 0 Å². The Kier molecular flexibility index (Phi) is 5.36. The van der Waals surface area contributed by atoms with Gasteiger partial charge in [-0.25, -0.2) is 0 Å². The van der Waals surface area contributed by atoms with Crippen molar-refractivity contribution in [3.05, 3.63) is 35.9 Å². The predicted molar refractivity (Wildman–Crippen MR) is 81.9 cm³/mol. The van der Waals surface area contributed by atoms with Gasteiger partial charge in [-0.2, -0.15) is 0 Å². The summed E-state index contributed by atoms with van der Waals surface area (Å²) in [5.74, 6) is 1.08. The first-order valence-corrected chi connectivity index (χ1v) is 7.82. The lowest BCUT2D eigenvalue weighted by molar-refractivity contribution is -0.128. The van der Waals surface area contributed by atoms with Crippen molar-refractivity contribution in [1.82, 2.24) is 0 Å². The minimum atomic E-state index is -0.295. The van der Waals surface area contributed by atoms with Crippen LogP contribution in [0.2, 0.25) is 0 Å². The summed E-state index contributed by atoms with van der Waals surface area (Å²) >= 11 is 0. The molecule has 0 unspecified atom stereocenters. The monoisotopic (exact) mass is 274 g/mol. The maximum Gasteiger partial charge on any atom is 0.143 e. The molecule has 20 heavy (non-hydrogen) atoms. The third-order valence-electron chi connectivity index (χ3n) is 4.39. The lowest BCUT2D eigenvalue weighted by atomic mass is 9.70. The topological polar surface area (TPSA) is 26.3 Å². The van der Waals surface area contributed by atoms with Gasteiger partial charge in [-0.05, 0) is 30.7 Å². The van der Waals surface area contributed by atoms with Gasteiger partial charge in [0.15, 0.2) is 0 Å². The highest BCUT2D eigenvalue weighted by atomic mass is 16.5. The molecule has 1 heterocycles. The second-order valence-electron chi connectivity index (χ2n) is 6.27. The van der Waals surface area contributed by atoms with E-state index in [2.05, 4.69) is 26.0 Å². The van der Waals surface area contributed by atoms with Crippen LogP contribution in [0.15, 0.2) is 30.3 Å². The number of rotatable bonds is 6. The fraction of sp³-hybridized carbons (Fsp3) is 0.611. The van der Waals surface area contributed by atoms with Crippen molar-refractivity contribution in [2.75, 3.05) is 13.2 Å². The second kappa shape index (κ2) is 7.03. The summed E-state index contributed by atoms with van der Waals surface area (Å²) in [6, 6.07) is 10.3. The Bertz CT molecular complexity index is 416. The number of Topliss-reactive ketones (excluding diaryl/α,β-unsaturated/α-hetero) is 1. The summed E-state index contributed by atoms with van der Waals surface area (Å²) in [6.07, 6.45) is 4.50. The van der Waals surface area contributed by atoms with Gasteiger partial charge in [-0.1, -0.05) is 50.6 Å². The number of carbonyl (C=O) groups excluding carboxylic acids is 1. The summed E-state index contributed by atoms with van der Waals surface area (Å²) in [4.78, 5) is 12.8. The first-order valence-electron chi connectivity index (χ1n) is 7.82. The summed E-state index contributed by atoms with van der Waals surface area (Å²) in [6.45, 7) is 5.83. The highest BCUT2D eigenvalue weighted by Gasteiger charge is 2.40. The molecule has 1 aromatic carbocycles. The van der Waals surface area contributed by atoms with Crippen LogP contribution in [0, 0.1) is 5.92 Å². The molecule has 110 valence electrons. The molecule has 1 fully saturated rings. The van der Waals surface area contributed by atoms with E-state index in [1.54, 1.807) is 0 Å². The Hall–Kier alpha value is -1.15. The highest BCUT2D eigenvalue weighted by molar-refractivity contribution is 5.90. The lowest BCUT2D eigenvalue weighted by Crippen LogP contribution is -2.41. The average Bonchev–Trinajstić information content (AvgIpc) is 2.48. The molecule has 0 atom stereocenters. The van der Waals surface area contributed by atoms with Gasteiger partial charge in [0.25, 0.3) is 0 Å². The first-order chi connectivity index (χ1) is 9.65. The van der Waals surface area contributed by atoms with Crippen LogP contribution in [0.3, 0.4) is 0 Å². The summed E-state index contributed by atoms with van der Waals surface area (Å²) in [7, 11) is 0. The minimum absolute atomic E-state index is 0.295. The summed E-state index contributed by atoms with van der Waals surface area (Å²) < 4.78 is 5.49. The van der Waals surface area contributed by atoms with E-state index in [1.165, 1.54) is 5.56 Å². The number of benzene rings is 1. The Morgan fingerprint density at radius 1 is 1.20 bits per heavy atom. The van der Waals surface area contributed by atoms with Crippen molar-refractivity contribution in [2.24, 2.45) is 5.92 Å². The van der Waals surface area contributed by atoms with Gasteiger partial charge in [0.2, 0.25) is 0 Å². The molecule has 0 spiro atoms. The number of carbonyl (C=O) groups is 1. The van der Waals surface area contributed by atoms with Crippen LogP contribution in [-0.4, -0.2) is 19.0 Å². The number of hydrogen-bond acceptors (Lipinski definition) is 2. The van der Waals surface area contributed by atoms with E-state index in [1.807, 2.05) is 18.2 Å². The van der Waals surface area contributed by atoms with Crippen LogP contribution < -0.4 is 0 Å². The maximum absolute atomic E-state index is 12.8. The zero-order valence-electron chi connectivity index (χ0n) is 12.7. The molecule has 2 heteroatoms. The molecular formula is C18H26O2. The van der Waals surface area contributed by atoms with E-state index in [9.17, 15) is 4.79 Å². The fourth-order valence-electron chi connectivity index (χ4n) is 3.12. The van der Waals surface area contributed by atoms with Crippen molar-refractivity contribution >= 4 is 5.78 Å². The fourth-order valence-corrected chi connectivity index (χ4v) is 3.12. The van der Waals surface area contributed by atoms with Crippen LogP contribution in [0.1, 0.15) is 51.5 Å². The third-order valence-corrected chi connectivity index (χ3v) is 4.39. The molecule has 2 nitrogen and oxygen atoms in total. The van der Waals surface area contributed by atoms with Crippen molar-refractivity contribution in [3.8, 4) is 0 Å². The molecule has 0 aromatic heterocycles. The van der Waals surface area contributed by atoms with Crippen LogP contribution in [0.5, 0.6) is 0 Å². The summed E-state index contributed by atoms with van der Waals surface area (Å²) in [5.41, 5.74) is 0.883. The zero-order chi connectivity index (χ0) is 14.4. The van der Waals surface area contributed by atoms with Gasteiger partial charge < -0.3 is 4.74 Å². The molecule has 1 aromatic rings. The summed E-state index contributed by atoms with van der Waals surface area (Å²) in [5, 5.41) is 0. The molecule has 1 aliphatic rings. The molecule has 0 aliphatic carbocycles.